The SMILES string of the molecule is CC[C@H](Nc1ncnc2[nH]cnc12)c1nc2ccc(F)c(Cl)c2c(=O)n1-c1ccc(Cl)cc1. The van der Waals surface area contributed by atoms with E-state index in [1.165, 1.54) is 29.4 Å². The Balaban J connectivity index is 1.75. The summed E-state index contributed by atoms with van der Waals surface area (Å²) in [6, 6.07) is 8.90. The molecule has 0 aliphatic heterocycles. The zero-order valence-electron chi connectivity index (χ0n) is 17.2. The molecule has 0 fully saturated rings. The Bertz CT molecular complexity index is 1550. The lowest BCUT2D eigenvalue weighted by Gasteiger charge is -2.22. The smallest absolute Gasteiger partial charge is 0.267 e. The molecule has 0 spiro atoms. The minimum absolute atomic E-state index is 0.00180. The van der Waals surface area contributed by atoms with E-state index in [-0.39, 0.29) is 10.4 Å². The van der Waals surface area contributed by atoms with E-state index in [4.69, 9.17) is 28.2 Å². The topological polar surface area (TPSA) is 101 Å². The number of fused-ring (bicyclic) bond motifs is 2. The van der Waals surface area contributed by atoms with Gasteiger partial charge in [0.2, 0.25) is 0 Å². The fourth-order valence-corrected chi connectivity index (χ4v) is 4.05. The van der Waals surface area contributed by atoms with Crippen molar-refractivity contribution >= 4 is 51.1 Å². The lowest BCUT2D eigenvalue weighted by atomic mass is 10.1. The molecule has 8 nitrogen and oxygen atoms in total. The van der Waals surface area contributed by atoms with Gasteiger partial charge in [-0.2, -0.15) is 0 Å². The quantitative estimate of drug-likeness (QED) is 0.362. The molecule has 3 aromatic heterocycles. The molecule has 2 N–H and O–H groups in total. The maximum Gasteiger partial charge on any atom is 0.267 e. The first-order valence-electron chi connectivity index (χ1n) is 10.0. The highest BCUT2D eigenvalue weighted by molar-refractivity contribution is 6.35. The minimum atomic E-state index is -0.689. The van der Waals surface area contributed by atoms with Gasteiger partial charge in [0.25, 0.3) is 5.56 Å². The number of rotatable bonds is 5. The van der Waals surface area contributed by atoms with Crippen molar-refractivity contribution in [3.05, 3.63) is 81.1 Å². The van der Waals surface area contributed by atoms with Gasteiger partial charge in [0.05, 0.1) is 34.0 Å². The van der Waals surface area contributed by atoms with Crippen LogP contribution in [-0.4, -0.2) is 29.5 Å². The van der Waals surface area contributed by atoms with Crippen LogP contribution in [0.1, 0.15) is 25.2 Å². The van der Waals surface area contributed by atoms with Crippen LogP contribution < -0.4 is 10.9 Å². The number of halogens is 3. The van der Waals surface area contributed by atoms with Crippen LogP contribution in [0, 0.1) is 5.82 Å². The van der Waals surface area contributed by atoms with Crippen molar-refractivity contribution in [2.24, 2.45) is 0 Å². The Morgan fingerprint density at radius 3 is 2.67 bits per heavy atom. The summed E-state index contributed by atoms with van der Waals surface area (Å²) in [6.07, 6.45) is 3.49. The highest BCUT2D eigenvalue weighted by atomic mass is 35.5. The lowest BCUT2D eigenvalue weighted by molar-refractivity contribution is 0.628. The molecule has 0 unspecified atom stereocenters. The van der Waals surface area contributed by atoms with Gasteiger partial charge in [-0.1, -0.05) is 30.1 Å². The number of nitrogens with one attached hydrogen (secondary N) is 2. The van der Waals surface area contributed by atoms with Crippen molar-refractivity contribution in [2.75, 3.05) is 5.32 Å². The molecule has 0 aliphatic rings. The number of benzene rings is 2. The number of hydrogen-bond donors (Lipinski definition) is 2. The predicted octanol–water partition coefficient (Wildman–Crippen LogP) is 5.06. The Kier molecular flexibility index (Phi) is 5.43. The molecule has 2 aromatic carbocycles. The van der Waals surface area contributed by atoms with Crippen LogP contribution in [0.15, 0.2) is 53.8 Å². The number of nitrogens with zero attached hydrogens (tertiary/aromatic N) is 5. The zero-order chi connectivity index (χ0) is 23.1. The number of hydrogen-bond acceptors (Lipinski definition) is 6. The summed E-state index contributed by atoms with van der Waals surface area (Å²) in [5, 5.41) is 3.57. The molecule has 0 amide bonds. The van der Waals surface area contributed by atoms with Crippen molar-refractivity contribution < 1.29 is 4.39 Å². The van der Waals surface area contributed by atoms with Gasteiger partial charge in [0, 0.05) is 5.02 Å². The van der Waals surface area contributed by atoms with Crippen LogP contribution >= 0.6 is 23.2 Å². The van der Waals surface area contributed by atoms with Crippen LogP contribution in [0.2, 0.25) is 10.0 Å². The van der Waals surface area contributed by atoms with E-state index >= 15 is 0 Å². The molecule has 11 heteroatoms. The summed E-state index contributed by atoms with van der Waals surface area (Å²) in [4.78, 5) is 34.0. The fraction of sp³-hybridized carbons (Fsp3) is 0.136. The largest absolute Gasteiger partial charge is 0.358 e. The highest BCUT2D eigenvalue weighted by Gasteiger charge is 2.23. The van der Waals surface area contributed by atoms with E-state index < -0.39 is 17.4 Å². The third-order valence-corrected chi connectivity index (χ3v) is 5.91. The average molecular weight is 484 g/mol. The van der Waals surface area contributed by atoms with Gasteiger partial charge in [-0.15, -0.1) is 0 Å². The van der Waals surface area contributed by atoms with Crippen molar-refractivity contribution in [3.63, 3.8) is 0 Å². The fourth-order valence-electron chi connectivity index (χ4n) is 3.68. The summed E-state index contributed by atoms with van der Waals surface area (Å²) in [6.45, 7) is 1.95. The second-order valence-corrected chi connectivity index (χ2v) is 8.08. The second kappa shape index (κ2) is 8.42. The molecule has 5 aromatic rings. The zero-order valence-corrected chi connectivity index (χ0v) is 18.7. The summed E-state index contributed by atoms with van der Waals surface area (Å²) in [5.74, 6) is 0.204. The van der Waals surface area contributed by atoms with Gasteiger partial charge in [0.1, 0.15) is 23.5 Å². The maximum absolute atomic E-state index is 14.2. The predicted molar refractivity (Wildman–Crippen MR) is 126 cm³/mol. The van der Waals surface area contributed by atoms with E-state index in [0.29, 0.717) is 45.5 Å². The number of anilines is 1. The van der Waals surface area contributed by atoms with Gasteiger partial charge >= 0.3 is 0 Å². The van der Waals surface area contributed by atoms with Gasteiger partial charge in [-0.3, -0.25) is 9.36 Å². The molecule has 1 atom stereocenters. The molecule has 0 aliphatic carbocycles. The first-order chi connectivity index (χ1) is 16.0. The minimum Gasteiger partial charge on any atom is -0.358 e. The maximum atomic E-state index is 14.2. The first kappa shape index (κ1) is 21.3. The Morgan fingerprint density at radius 1 is 1.12 bits per heavy atom. The van der Waals surface area contributed by atoms with Crippen LogP contribution in [0.3, 0.4) is 0 Å². The summed E-state index contributed by atoms with van der Waals surface area (Å²) < 4.78 is 15.6. The van der Waals surface area contributed by atoms with Crippen LogP contribution in [0.4, 0.5) is 10.2 Å². The number of aromatic nitrogens is 6. The molecule has 5 rings (SSSR count). The van der Waals surface area contributed by atoms with Crippen LogP contribution in [-0.2, 0) is 0 Å². The van der Waals surface area contributed by atoms with E-state index in [0.717, 1.165) is 0 Å². The van der Waals surface area contributed by atoms with Crippen molar-refractivity contribution in [2.45, 2.75) is 19.4 Å². The third-order valence-electron chi connectivity index (χ3n) is 5.29. The van der Waals surface area contributed by atoms with Gasteiger partial charge < -0.3 is 10.3 Å². The highest BCUT2D eigenvalue weighted by Crippen LogP contribution is 2.29. The summed E-state index contributed by atoms with van der Waals surface area (Å²) in [5.41, 5.74) is 1.45. The number of aromatic amines is 1. The molecule has 0 radical (unpaired) electrons. The van der Waals surface area contributed by atoms with Gasteiger partial charge in [-0.25, -0.2) is 24.3 Å². The summed E-state index contributed by atoms with van der Waals surface area (Å²) >= 11 is 12.2. The molecular weight excluding hydrogens is 468 g/mol. The van der Waals surface area contributed by atoms with Crippen LogP contribution in [0.5, 0.6) is 0 Å². The van der Waals surface area contributed by atoms with E-state index in [9.17, 15) is 9.18 Å². The molecule has 166 valence electrons. The molecule has 33 heavy (non-hydrogen) atoms. The average Bonchev–Trinajstić information content (AvgIpc) is 3.30. The third kappa shape index (κ3) is 3.69. The molecule has 0 saturated carbocycles. The monoisotopic (exact) mass is 483 g/mol. The standard InChI is InChI=1S/C22H16Cl2FN7O/c1-2-14(30-20-18-19(27-9-26-18)28-10-29-20)21-31-15-8-7-13(25)17(24)16(15)22(33)32(21)12-5-3-11(23)4-6-12/h3-10,14H,2H2,1H3,(H2,26,27,28,29,30)/t14-/m0/s1. The summed E-state index contributed by atoms with van der Waals surface area (Å²) in [7, 11) is 0. The van der Waals surface area contributed by atoms with Crippen LogP contribution in [0.25, 0.3) is 27.8 Å². The molecule has 0 saturated heterocycles. The Labute approximate surface area is 196 Å². The van der Waals surface area contributed by atoms with E-state index in [1.807, 2.05) is 6.92 Å². The number of imidazole rings is 1. The Hall–Kier alpha value is -3.56. The van der Waals surface area contributed by atoms with E-state index in [2.05, 4.69) is 25.3 Å². The second-order valence-electron chi connectivity index (χ2n) is 7.27. The lowest BCUT2D eigenvalue weighted by Crippen LogP contribution is -2.28. The number of H-pyrrole nitrogens is 1. The van der Waals surface area contributed by atoms with Gasteiger partial charge in [0.15, 0.2) is 11.5 Å². The van der Waals surface area contributed by atoms with Crippen molar-refractivity contribution in [1.29, 1.82) is 0 Å². The normalized spacial score (nSPS) is 12.4. The van der Waals surface area contributed by atoms with Gasteiger partial charge in [-0.05, 0) is 42.8 Å². The Morgan fingerprint density at radius 2 is 1.91 bits per heavy atom. The van der Waals surface area contributed by atoms with E-state index in [1.54, 1.807) is 24.3 Å². The first-order valence-corrected chi connectivity index (χ1v) is 10.8. The van der Waals surface area contributed by atoms with Crippen molar-refractivity contribution in [1.82, 2.24) is 29.5 Å². The molecular formula is C22H16Cl2FN7O. The van der Waals surface area contributed by atoms with Crippen molar-refractivity contribution in [3.8, 4) is 5.69 Å². The molecule has 3 heterocycles. The molecule has 0 bridgehead atoms.